The van der Waals surface area contributed by atoms with Crippen molar-refractivity contribution in [2.75, 3.05) is 18.2 Å². The van der Waals surface area contributed by atoms with Gasteiger partial charge < -0.3 is 31.5 Å². The summed E-state index contributed by atoms with van der Waals surface area (Å²) in [6, 6.07) is 12.3. The van der Waals surface area contributed by atoms with Gasteiger partial charge in [0.05, 0.1) is 12.1 Å². The standard InChI is InChI=1S/C18H26N2O3S.C7H8N2O2.C5H11NO/c1-12(13-8-6-5-7-9-13)15(21)17(23)20-11-24-10-14(20)16(22)19-18(2,3)4;8-7(10)5-11-6-2-1-3-9-4-6;1-4(2)3-5(6)7/h5-9,12,14-15,21H,10-11H2,1-4H3,(H,19,22);1-4H,5H2,(H2,8,10);4H,3H2,1-2H3,(H2,6,7). The topological polar surface area (TPSA) is 178 Å². The van der Waals surface area contributed by atoms with Crippen molar-refractivity contribution < 1.29 is 29.0 Å². The number of aromatic nitrogens is 1. The highest BCUT2D eigenvalue weighted by molar-refractivity contribution is 7.99. The normalized spacial score (nSPS) is 15.7. The molecular weight excluding hydrogens is 558 g/mol. The summed E-state index contributed by atoms with van der Waals surface area (Å²) in [5, 5.41) is 13.4. The van der Waals surface area contributed by atoms with Crippen molar-refractivity contribution in [2.45, 2.75) is 71.6 Å². The van der Waals surface area contributed by atoms with Gasteiger partial charge in [-0.05, 0) is 44.4 Å². The Morgan fingerprint density at radius 2 is 1.71 bits per heavy atom. The largest absolute Gasteiger partial charge is 0.482 e. The van der Waals surface area contributed by atoms with Crippen molar-refractivity contribution in [3.05, 3.63) is 60.4 Å². The van der Waals surface area contributed by atoms with Crippen molar-refractivity contribution in [1.82, 2.24) is 15.2 Å². The number of benzene rings is 1. The molecule has 0 radical (unpaired) electrons. The maximum absolute atomic E-state index is 12.7. The van der Waals surface area contributed by atoms with Gasteiger partial charge in [0.2, 0.25) is 11.8 Å². The zero-order chi connectivity index (χ0) is 31.9. The molecule has 0 bridgehead atoms. The number of thioether (sulfide) groups is 1. The SMILES string of the molecule is CC(C)CC(N)=O.CC(c1ccccc1)C(O)C(=O)N1CSCC1C(=O)NC(C)(C)C.NC(=O)COc1cccnc1. The van der Waals surface area contributed by atoms with Crippen molar-refractivity contribution in [1.29, 1.82) is 0 Å². The fraction of sp³-hybridized carbons (Fsp3) is 0.500. The monoisotopic (exact) mass is 603 g/mol. The smallest absolute Gasteiger partial charge is 0.255 e. The highest BCUT2D eigenvalue weighted by atomic mass is 32.2. The molecule has 0 saturated carbocycles. The highest BCUT2D eigenvalue weighted by Gasteiger charge is 2.39. The average molecular weight is 604 g/mol. The number of ether oxygens (including phenoxy) is 1. The molecule has 1 aliphatic rings. The van der Waals surface area contributed by atoms with Crippen LogP contribution in [0.25, 0.3) is 0 Å². The van der Waals surface area contributed by atoms with Crippen molar-refractivity contribution in [3.63, 3.8) is 0 Å². The summed E-state index contributed by atoms with van der Waals surface area (Å²) in [6.07, 6.45) is 2.48. The minimum absolute atomic E-state index is 0.105. The number of aliphatic hydroxyl groups excluding tert-OH is 1. The van der Waals surface area contributed by atoms with Gasteiger partial charge in [-0.25, -0.2) is 0 Å². The molecule has 1 aliphatic heterocycles. The van der Waals surface area contributed by atoms with Crippen LogP contribution in [-0.4, -0.2) is 74.5 Å². The van der Waals surface area contributed by atoms with E-state index in [1.165, 1.54) is 22.9 Å². The summed E-state index contributed by atoms with van der Waals surface area (Å²) in [6.45, 7) is 11.4. The van der Waals surface area contributed by atoms with E-state index in [9.17, 15) is 24.3 Å². The first-order valence-corrected chi connectivity index (χ1v) is 14.8. The molecular formula is C30H45N5O6S. The maximum atomic E-state index is 12.7. The van der Waals surface area contributed by atoms with Crippen molar-refractivity contribution in [2.24, 2.45) is 17.4 Å². The first kappa shape index (κ1) is 36.4. The van der Waals surface area contributed by atoms with Crippen LogP contribution in [-0.2, 0) is 19.2 Å². The van der Waals surface area contributed by atoms with Gasteiger partial charge in [-0.15, -0.1) is 11.8 Å². The predicted octanol–water partition coefficient (Wildman–Crippen LogP) is 2.43. The number of hydrogen-bond acceptors (Lipinski definition) is 8. The second-order valence-electron chi connectivity index (χ2n) is 11.2. The van der Waals surface area contributed by atoms with Gasteiger partial charge in [0.1, 0.15) is 17.9 Å². The second kappa shape index (κ2) is 18.0. The van der Waals surface area contributed by atoms with E-state index in [4.69, 9.17) is 16.2 Å². The van der Waals surface area contributed by atoms with Crippen LogP contribution in [0.2, 0.25) is 0 Å². The lowest BCUT2D eigenvalue weighted by molar-refractivity contribution is -0.146. The third-order valence-electron chi connectivity index (χ3n) is 5.64. The zero-order valence-corrected chi connectivity index (χ0v) is 26.1. The molecule has 2 heterocycles. The lowest BCUT2D eigenvalue weighted by Crippen LogP contribution is -2.54. The van der Waals surface area contributed by atoms with Crippen LogP contribution in [0.1, 0.15) is 59.4 Å². The number of nitrogens with two attached hydrogens (primary N) is 2. The number of carbonyl (C=O) groups is 4. The molecule has 0 aliphatic carbocycles. The lowest BCUT2D eigenvalue weighted by Gasteiger charge is -2.30. The number of hydrogen-bond donors (Lipinski definition) is 4. The molecule has 12 heteroatoms. The van der Waals surface area contributed by atoms with Gasteiger partial charge in [-0.1, -0.05) is 51.1 Å². The van der Waals surface area contributed by atoms with E-state index in [2.05, 4.69) is 10.3 Å². The van der Waals surface area contributed by atoms with Crippen LogP contribution >= 0.6 is 11.8 Å². The van der Waals surface area contributed by atoms with Crippen LogP contribution in [0.3, 0.4) is 0 Å². The lowest BCUT2D eigenvalue weighted by atomic mass is 9.94. The Kier molecular flexibility index (Phi) is 15.6. The Labute approximate surface area is 252 Å². The third kappa shape index (κ3) is 14.3. The van der Waals surface area contributed by atoms with E-state index in [-0.39, 0.29) is 35.8 Å². The minimum Gasteiger partial charge on any atom is -0.482 e. The molecule has 11 nitrogen and oxygen atoms in total. The maximum Gasteiger partial charge on any atom is 0.255 e. The summed E-state index contributed by atoms with van der Waals surface area (Å²) in [7, 11) is 0. The summed E-state index contributed by atoms with van der Waals surface area (Å²) in [4.78, 5) is 50.7. The molecule has 1 aromatic carbocycles. The van der Waals surface area contributed by atoms with E-state index in [1.807, 2.05) is 71.9 Å². The summed E-state index contributed by atoms with van der Waals surface area (Å²) >= 11 is 1.53. The molecule has 232 valence electrons. The number of amides is 4. The Morgan fingerprint density at radius 1 is 1.07 bits per heavy atom. The van der Waals surface area contributed by atoms with Crippen LogP contribution in [0.5, 0.6) is 5.75 Å². The Hall–Kier alpha value is -3.64. The fourth-order valence-corrected chi connectivity index (χ4v) is 4.81. The van der Waals surface area contributed by atoms with Gasteiger partial charge in [0.25, 0.3) is 11.8 Å². The Bertz CT molecular complexity index is 1130. The van der Waals surface area contributed by atoms with E-state index in [0.29, 0.717) is 29.7 Å². The minimum atomic E-state index is -1.16. The average Bonchev–Trinajstić information content (AvgIpc) is 3.41. The van der Waals surface area contributed by atoms with E-state index in [0.717, 1.165) is 5.56 Å². The first-order chi connectivity index (χ1) is 19.6. The fourth-order valence-electron chi connectivity index (χ4n) is 3.64. The van der Waals surface area contributed by atoms with Gasteiger partial charge in [0.15, 0.2) is 6.61 Å². The molecule has 1 aromatic heterocycles. The summed E-state index contributed by atoms with van der Waals surface area (Å²) in [5.41, 5.74) is 10.3. The molecule has 3 unspecified atom stereocenters. The van der Waals surface area contributed by atoms with Crippen LogP contribution in [0.15, 0.2) is 54.9 Å². The second-order valence-corrected chi connectivity index (χ2v) is 12.2. The summed E-state index contributed by atoms with van der Waals surface area (Å²) in [5.74, 6) is 0.355. The number of primary amides is 2. The third-order valence-corrected chi connectivity index (χ3v) is 6.66. The summed E-state index contributed by atoms with van der Waals surface area (Å²) < 4.78 is 4.93. The molecule has 42 heavy (non-hydrogen) atoms. The number of nitrogens with one attached hydrogen (secondary N) is 1. The van der Waals surface area contributed by atoms with E-state index >= 15 is 0 Å². The molecule has 1 saturated heterocycles. The zero-order valence-electron chi connectivity index (χ0n) is 25.3. The van der Waals surface area contributed by atoms with Gasteiger partial charge >= 0.3 is 0 Å². The number of aliphatic hydroxyl groups is 1. The first-order valence-electron chi connectivity index (χ1n) is 13.6. The van der Waals surface area contributed by atoms with Crippen molar-refractivity contribution in [3.8, 4) is 5.75 Å². The van der Waals surface area contributed by atoms with E-state index in [1.54, 1.807) is 18.3 Å². The number of rotatable bonds is 9. The van der Waals surface area contributed by atoms with Crippen LogP contribution < -0.4 is 21.5 Å². The Balaban J connectivity index is 0.000000402. The molecule has 3 rings (SSSR count). The van der Waals surface area contributed by atoms with E-state index < -0.39 is 18.1 Å². The predicted molar refractivity (Wildman–Crippen MR) is 164 cm³/mol. The number of carbonyl (C=O) groups excluding carboxylic acids is 4. The molecule has 3 atom stereocenters. The van der Waals surface area contributed by atoms with Crippen LogP contribution in [0, 0.1) is 5.92 Å². The van der Waals surface area contributed by atoms with Gasteiger partial charge in [-0.3, -0.25) is 24.2 Å². The number of pyridine rings is 1. The highest BCUT2D eigenvalue weighted by Crippen LogP contribution is 2.26. The van der Waals surface area contributed by atoms with Gasteiger partial charge in [-0.2, -0.15) is 0 Å². The molecule has 4 amide bonds. The van der Waals surface area contributed by atoms with Gasteiger partial charge in [0, 0.05) is 29.8 Å². The molecule has 2 aromatic rings. The molecule has 1 fully saturated rings. The van der Waals surface area contributed by atoms with Crippen LogP contribution in [0.4, 0.5) is 0 Å². The van der Waals surface area contributed by atoms with Crippen molar-refractivity contribution >= 4 is 35.4 Å². The quantitative estimate of drug-likeness (QED) is 0.338. The molecule has 0 spiro atoms. The molecule has 6 N–H and O–H groups in total. The Morgan fingerprint density at radius 3 is 2.19 bits per heavy atom. The number of nitrogens with zero attached hydrogens (tertiary/aromatic N) is 2.